The minimum Gasteiger partial charge on any atom is -0.325 e. The fourth-order valence-corrected chi connectivity index (χ4v) is 1.85. The summed E-state index contributed by atoms with van der Waals surface area (Å²) in [5.74, 6) is -0.0885. The molecule has 1 heterocycles. The second-order valence-electron chi connectivity index (χ2n) is 2.95. The van der Waals surface area contributed by atoms with E-state index >= 15 is 0 Å². The summed E-state index contributed by atoms with van der Waals surface area (Å²) in [6.07, 6.45) is 5.28. The van der Waals surface area contributed by atoms with Crippen LogP contribution in [0.2, 0.25) is 0 Å². The largest absolute Gasteiger partial charge is 0.325 e. The molecule has 1 aliphatic carbocycles. The van der Waals surface area contributed by atoms with Crippen LogP contribution >= 0.6 is 11.3 Å². The number of carbonyl (C=O) groups excluding carboxylic acids is 1. The van der Waals surface area contributed by atoms with Gasteiger partial charge in [-0.1, -0.05) is 6.08 Å². The zero-order valence-electron chi connectivity index (χ0n) is 7.12. The fraction of sp³-hybridized carbons (Fsp3) is 0.333. The number of thiazole rings is 1. The lowest BCUT2D eigenvalue weighted by molar-refractivity contribution is 0.0961. The molecule has 0 saturated carbocycles. The van der Waals surface area contributed by atoms with E-state index in [1.165, 1.54) is 11.3 Å². The zero-order valence-corrected chi connectivity index (χ0v) is 7.93. The molecule has 0 unspecified atom stereocenters. The van der Waals surface area contributed by atoms with Gasteiger partial charge in [0.25, 0.3) is 5.91 Å². The van der Waals surface area contributed by atoms with Gasteiger partial charge in [-0.05, 0) is 19.3 Å². The lowest BCUT2D eigenvalue weighted by Crippen LogP contribution is -2.21. The Kier molecular flexibility index (Phi) is 2.40. The van der Waals surface area contributed by atoms with Crippen LogP contribution in [0.5, 0.6) is 0 Å². The number of aromatic nitrogens is 1. The minimum absolute atomic E-state index is 0.0885. The molecule has 0 spiro atoms. The van der Waals surface area contributed by atoms with E-state index in [2.05, 4.69) is 16.4 Å². The number of rotatable bonds is 2. The van der Waals surface area contributed by atoms with Crippen LogP contribution < -0.4 is 5.32 Å². The third-order valence-electron chi connectivity index (χ3n) is 1.98. The van der Waals surface area contributed by atoms with Crippen LogP contribution in [-0.4, -0.2) is 10.9 Å². The quantitative estimate of drug-likeness (QED) is 0.781. The monoisotopic (exact) mass is 194 g/mol. The van der Waals surface area contributed by atoms with Crippen molar-refractivity contribution >= 4 is 17.2 Å². The minimum atomic E-state index is -0.0885. The molecule has 13 heavy (non-hydrogen) atoms. The topological polar surface area (TPSA) is 42.0 Å². The molecule has 1 N–H and O–H groups in total. The van der Waals surface area contributed by atoms with Crippen molar-refractivity contribution in [3.8, 4) is 0 Å². The van der Waals surface area contributed by atoms with Gasteiger partial charge in [-0.3, -0.25) is 4.79 Å². The second-order valence-corrected chi connectivity index (χ2v) is 3.67. The van der Waals surface area contributed by atoms with Gasteiger partial charge < -0.3 is 5.32 Å². The van der Waals surface area contributed by atoms with Gasteiger partial charge in [0.05, 0.1) is 5.51 Å². The third kappa shape index (κ3) is 1.95. The van der Waals surface area contributed by atoms with Gasteiger partial charge in [0, 0.05) is 11.1 Å². The Bertz CT molecular complexity index is 329. The molecule has 2 rings (SSSR count). The Balaban J connectivity index is 1.99. The summed E-state index contributed by atoms with van der Waals surface area (Å²) in [6.45, 7) is 0. The molecule has 0 aliphatic heterocycles. The van der Waals surface area contributed by atoms with Gasteiger partial charge in [0.15, 0.2) is 0 Å². The van der Waals surface area contributed by atoms with E-state index in [9.17, 15) is 4.79 Å². The van der Waals surface area contributed by atoms with Crippen molar-refractivity contribution in [1.82, 2.24) is 10.3 Å². The van der Waals surface area contributed by atoms with Crippen molar-refractivity contribution in [2.45, 2.75) is 19.3 Å². The van der Waals surface area contributed by atoms with E-state index in [0.29, 0.717) is 5.69 Å². The van der Waals surface area contributed by atoms with Gasteiger partial charge in [-0.15, -0.1) is 11.3 Å². The van der Waals surface area contributed by atoms with Gasteiger partial charge in [0.2, 0.25) is 0 Å². The number of nitrogens with one attached hydrogen (secondary N) is 1. The molecule has 0 saturated heterocycles. The highest BCUT2D eigenvalue weighted by Crippen LogP contribution is 2.15. The first kappa shape index (κ1) is 8.44. The molecule has 0 radical (unpaired) electrons. The zero-order chi connectivity index (χ0) is 9.10. The predicted octanol–water partition coefficient (Wildman–Crippen LogP) is 1.94. The number of nitrogens with zero attached hydrogens (tertiary/aromatic N) is 1. The Morgan fingerprint density at radius 1 is 1.62 bits per heavy atom. The van der Waals surface area contributed by atoms with Crippen LogP contribution in [0.25, 0.3) is 0 Å². The van der Waals surface area contributed by atoms with Gasteiger partial charge >= 0.3 is 0 Å². The second kappa shape index (κ2) is 3.70. The number of hydrogen-bond donors (Lipinski definition) is 1. The summed E-state index contributed by atoms with van der Waals surface area (Å²) in [7, 11) is 0. The first-order valence-corrected chi connectivity index (χ1v) is 5.19. The van der Waals surface area contributed by atoms with E-state index in [0.717, 1.165) is 25.0 Å². The summed E-state index contributed by atoms with van der Waals surface area (Å²) in [4.78, 5) is 15.4. The lowest BCUT2D eigenvalue weighted by atomic mass is 10.3. The summed E-state index contributed by atoms with van der Waals surface area (Å²) in [6, 6.07) is 0. The molecule has 0 bridgehead atoms. The van der Waals surface area contributed by atoms with Crippen molar-refractivity contribution in [2.24, 2.45) is 0 Å². The van der Waals surface area contributed by atoms with Crippen LogP contribution in [0.4, 0.5) is 0 Å². The highest BCUT2D eigenvalue weighted by molar-refractivity contribution is 7.07. The maximum atomic E-state index is 11.5. The standard InChI is InChI=1S/C9H10N2OS/c12-9(8-5-13-6-10-8)11-7-3-1-2-4-7/h3,5-6H,1-2,4H2,(H,11,12). The molecule has 0 aromatic carbocycles. The van der Waals surface area contributed by atoms with Crippen LogP contribution in [0, 0.1) is 0 Å². The van der Waals surface area contributed by atoms with E-state index in [-0.39, 0.29) is 5.91 Å². The van der Waals surface area contributed by atoms with Crippen molar-refractivity contribution in [2.75, 3.05) is 0 Å². The van der Waals surface area contributed by atoms with Crippen LogP contribution in [0.3, 0.4) is 0 Å². The Labute approximate surface area is 80.5 Å². The summed E-state index contributed by atoms with van der Waals surface area (Å²) in [5.41, 5.74) is 3.22. The van der Waals surface area contributed by atoms with Crippen LogP contribution in [0.15, 0.2) is 22.7 Å². The van der Waals surface area contributed by atoms with Gasteiger partial charge in [-0.2, -0.15) is 0 Å². The molecule has 1 aromatic heterocycles. The number of hydrogen-bond acceptors (Lipinski definition) is 3. The van der Waals surface area contributed by atoms with Crippen molar-refractivity contribution in [3.05, 3.63) is 28.4 Å². The molecular weight excluding hydrogens is 184 g/mol. The average molecular weight is 194 g/mol. The predicted molar refractivity (Wildman–Crippen MR) is 51.5 cm³/mol. The number of amides is 1. The molecule has 1 aliphatic rings. The van der Waals surface area contributed by atoms with E-state index in [1.54, 1.807) is 10.9 Å². The normalized spacial score (nSPS) is 15.5. The highest BCUT2D eigenvalue weighted by Gasteiger charge is 2.11. The summed E-state index contributed by atoms with van der Waals surface area (Å²) < 4.78 is 0. The first-order valence-electron chi connectivity index (χ1n) is 4.25. The third-order valence-corrected chi connectivity index (χ3v) is 2.57. The molecule has 0 atom stereocenters. The van der Waals surface area contributed by atoms with Crippen molar-refractivity contribution in [3.63, 3.8) is 0 Å². The number of allylic oxidation sites excluding steroid dienone is 2. The van der Waals surface area contributed by atoms with Crippen molar-refractivity contribution < 1.29 is 4.79 Å². The van der Waals surface area contributed by atoms with Gasteiger partial charge in [0.1, 0.15) is 5.69 Å². The molecular formula is C9H10N2OS. The Morgan fingerprint density at radius 3 is 3.15 bits per heavy atom. The summed E-state index contributed by atoms with van der Waals surface area (Å²) in [5, 5.41) is 4.60. The molecule has 1 amide bonds. The van der Waals surface area contributed by atoms with Gasteiger partial charge in [-0.25, -0.2) is 4.98 Å². The van der Waals surface area contributed by atoms with Crippen LogP contribution in [0.1, 0.15) is 29.8 Å². The Morgan fingerprint density at radius 2 is 2.54 bits per heavy atom. The van der Waals surface area contributed by atoms with Crippen molar-refractivity contribution in [1.29, 1.82) is 0 Å². The maximum Gasteiger partial charge on any atom is 0.274 e. The molecule has 3 nitrogen and oxygen atoms in total. The fourth-order valence-electron chi connectivity index (χ4n) is 1.32. The SMILES string of the molecule is O=C(NC1=CCCC1)c1cscn1. The van der Waals surface area contributed by atoms with E-state index in [1.807, 2.05) is 0 Å². The molecule has 1 aromatic rings. The molecule has 4 heteroatoms. The highest BCUT2D eigenvalue weighted by atomic mass is 32.1. The lowest BCUT2D eigenvalue weighted by Gasteiger charge is -2.02. The molecule has 0 fully saturated rings. The van der Waals surface area contributed by atoms with Crippen LogP contribution in [-0.2, 0) is 0 Å². The number of carbonyl (C=O) groups is 1. The van der Waals surface area contributed by atoms with E-state index in [4.69, 9.17) is 0 Å². The summed E-state index contributed by atoms with van der Waals surface area (Å²) >= 11 is 1.43. The first-order chi connectivity index (χ1) is 6.36. The maximum absolute atomic E-state index is 11.5. The Hall–Kier alpha value is -1.16. The smallest absolute Gasteiger partial charge is 0.274 e. The van der Waals surface area contributed by atoms with E-state index < -0.39 is 0 Å². The average Bonchev–Trinajstić information content (AvgIpc) is 2.74. The molecule has 68 valence electrons.